The standard InChI is InChI=1S/C18H21N5O3/c24-17-11-20-7-9-23(17)14-2-1-8-22(12-14)18(25)15-10-16(26-21-15)13-3-5-19-6-4-13/h3-6,10,14,20H,1-2,7-9,11-12H2. The first-order valence-electron chi connectivity index (χ1n) is 8.89. The van der Waals surface area contributed by atoms with E-state index in [-0.39, 0.29) is 17.9 Å². The van der Waals surface area contributed by atoms with Gasteiger partial charge in [-0.25, -0.2) is 0 Å². The normalized spacial score (nSPS) is 21.1. The maximum absolute atomic E-state index is 12.8. The molecule has 1 N–H and O–H groups in total. The van der Waals surface area contributed by atoms with Crippen LogP contribution in [0, 0.1) is 0 Å². The Morgan fingerprint density at radius 2 is 2.12 bits per heavy atom. The number of nitrogens with one attached hydrogen (secondary N) is 1. The number of hydrogen-bond acceptors (Lipinski definition) is 6. The van der Waals surface area contributed by atoms with Gasteiger partial charge in [0, 0.05) is 56.2 Å². The molecule has 136 valence electrons. The molecule has 2 fully saturated rings. The summed E-state index contributed by atoms with van der Waals surface area (Å²) in [5, 5.41) is 7.03. The van der Waals surface area contributed by atoms with Crippen LogP contribution in [0.1, 0.15) is 23.3 Å². The number of hydrogen-bond donors (Lipinski definition) is 1. The molecule has 0 saturated carbocycles. The van der Waals surface area contributed by atoms with Gasteiger partial charge < -0.3 is 19.6 Å². The molecule has 2 saturated heterocycles. The van der Waals surface area contributed by atoms with Gasteiger partial charge in [-0.1, -0.05) is 5.16 Å². The molecule has 0 radical (unpaired) electrons. The summed E-state index contributed by atoms with van der Waals surface area (Å²) in [6.07, 6.45) is 5.14. The first-order valence-corrected chi connectivity index (χ1v) is 8.89. The van der Waals surface area contributed by atoms with Crippen LogP contribution in [0.5, 0.6) is 0 Å². The molecule has 0 spiro atoms. The second kappa shape index (κ2) is 7.25. The topological polar surface area (TPSA) is 91.6 Å². The van der Waals surface area contributed by atoms with Crippen molar-refractivity contribution in [3.63, 3.8) is 0 Å². The van der Waals surface area contributed by atoms with Crippen LogP contribution in [-0.2, 0) is 4.79 Å². The van der Waals surface area contributed by atoms with Gasteiger partial charge in [0.15, 0.2) is 11.5 Å². The molecule has 2 aromatic heterocycles. The fraction of sp³-hybridized carbons (Fsp3) is 0.444. The molecule has 2 aliphatic heterocycles. The summed E-state index contributed by atoms with van der Waals surface area (Å²) in [6.45, 7) is 3.09. The average molecular weight is 355 g/mol. The van der Waals surface area contributed by atoms with Gasteiger partial charge >= 0.3 is 0 Å². The van der Waals surface area contributed by atoms with Gasteiger partial charge in [0.05, 0.1) is 6.54 Å². The number of rotatable bonds is 3. The van der Waals surface area contributed by atoms with Crippen molar-refractivity contribution in [2.45, 2.75) is 18.9 Å². The molecular weight excluding hydrogens is 334 g/mol. The molecule has 8 nitrogen and oxygen atoms in total. The lowest BCUT2D eigenvalue weighted by molar-refractivity contribution is -0.135. The van der Waals surface area contributed by atoms with E-state index >= 15 is 0 Å². The monoisotopic (exact) mass is 355 g/mol. The minimum atomic E-state index is -0.152. The van der Waals surface area contributed by atoms with Crippen LogP contribution in [0.15, 0.2) is 35.1 Å². The molecule has 8 heteroatoms. The highest BCUT2D eigenvalue weighted by Crippen LogP contribution is 2.22. The van der Waals surface area contributed by atoms with Crippen molar-refractivity contribution in [3.05, 3.63) is 36.3 Å². The van der Waals surface area contributed by atoms with E-state index in [1.54, 1.807) is 23.4 Å². The van der Waals surface area contributed by atoms with Crippen molar-refractivity contribution >= 4 is 11.8 Å². The second-order valence-electron chi connectivity index (χ2n) is 6.62. The Balaban J connectivity index is 1.46. The fourth-order valence-electron chi connectivity index (χ4n) is 3.59. The first kappa shape index (κ1) is 16.7. The molecule has 0 aliphatic carbocycles. The van der Waals surface area contributed by atoms with Gasteiger partial charge in [-0.15, -0.1) is 0 Å². The SMILES string of the molecule is O=C(c1cc(-c2ccncc2)on1)N1CCCC(N2CCNCC2=O)C1. The number of aromatic nitrogens is 2. The van der Waals surface area contributed by atoms with E-state index in [0.717, 1.165) is 24.9 Å². The van der Waals surface area contributed by atoms with Crippen molar-refractivity contribution in [1.29, 1.82) is 0 Å². The van der Waals surface area contributed by atoms with Crippen LogP contribution >= 0.6 is 0 Å². The van der Waals surface area contributed by atoms with Gasteiger partial charge in [0.1, 0.15) is 0 Å². The Morgan fingerprint density at radius 3 is 2.92 bits per heavy atom. The van der Waals surface area contributed by atoms with E-state index in [2.05, 4.69) is 15.5 Å². The molecule has 0 bridgehead atoms. The molecule has 26 heavy (non-hydrogen) atoms. The lowest BCUT2D eigenvalue weighted by atomic mass is 10.0. The number of amides is 2. The number of piperidine rings is 1. The van der Waals surface area contributed by atoms with Crippen LogP contribution in [0.2, 0.25) is 0 Å². The summed E-state index contributed by atoms with van der Waals surface area (Å²) in [6, 6.07) is 5.36. The Kier molecular flexibility index (Phi) is 4.66. The Hall–Kier alpha value is -2.74. The zero-order valence-corrected chi connectivity index (χ0v) is 14.4. The predicted molar refractivity (Wildman–Crippen MR) is 93.2 cm³/mol. The first-order chi connectivity index (χ1) is 12.7. The highest BCUT2D eigenvalue weighted by molar-refractivity contribution is 5.93. The van der Waals surface area contributed by atoms with E-state index in [1.807, 2.05) is 17.0 Å². The number of piperazine rings is 1. The molecule has 1 atom stereocenters. The largest absolute Gasteiger partial charge is 0.355 e. The third kappa shape index (κ3) is 3.32. The van der Waals surface area contributed by atoms with E-state index < -0.39 is 0 Å². The number of likely N-dealkylation sites (tertiary alicyclic amines) is 1. The minimum absolute atomic E-state index is 0.0777. The van der Waals surface area contributed by atoms with Crippen LogP contribution in [-0.4, -0.2) is 70.5 Å². The molecule has 1 unspecified atom stereocenters. The Morgan fingerprint density at radius 1 is 1.27 bits per heavy atom. The Labute approximate surface area is 151 Å². The summed E-state index contributed by atoms with van der Waals surface area (Å²) in [7, 11) is 0. The second-order valence-corrected chi connectivity index (χ2v) is 6.62. The zero-order chi connectivity index (χ0) is 17.9. The number of carbonyl (C=O) groups excluding carboxylic acids is 2. The average Bonchev–Trinajstić information content (AvgIpc) is 3.19. The predicted octanol–water partition coefficient (Wildman–Crippen LogP) is 0.773. The minimum Gasteiger partial charge on any atom is -0.355 e. The van der Waals surface area contributed by atoms with Crippen LogP contribution in [0.3, 0.4) is 0 Å². The number of pyridine rings is 1. The quantitative estimate of drug-likeness (QED) is 0.875. The number of carbonyl (C=O) groups is 2. The van der Waals surface area contributed by atoms with Gasteiger partial charge in [0.2, 0.25) is 5.91 Å². The highest BCUT2D eigenvalue weighted by Gasteiger charge is 2.32. The maximum atomic E-state index is 12.8. The zero-order valence-electron chi connectivity index (χ0n) is 14.4. The molecule has 2 aliphatic rings. The van der Waals surface area contributed by atoms with Crippen LogP contribution in [0.4, 0.5) is 0 Å². The van der Waals surface area contributed by atoms with Crippen molar-refractivity contribution < 1.29 is 14.1 Å². The summed E-state index contributed by atoms with van der Waals surface area (Å²) >= 11 is 0. The number of nitrogens with zero attached hydrogens (tertiary/aromatic N) is 4. The van der Waals surface area contributed by atoms with Gasteiger partial charge in [-0.05, 0) is 25.0 Å². The van der Waals surface area contributed by atoms with E-state index in [9.17, 15) is 9.59 Å². The lowest BCUT2D eigenvalue weighted by Gasteiger charge is -2.40. The summed E-state index contributed by atoms with van der Waals surface area (Å²) in [5.74, 6) is 0.500. The maximum Gasteiger partial charge on any atom is 0.276 e. The Bertz CT molecular complexity index is 791. The van der Waals surface area contributed by atoms with Crippen molar-refractivity contribution in [2.75, 3.05) is 32.7 Å². The van der Waals surface area contributed by atoms with Crippen molar-refractivity contribution in [3.8, 4) is 11.3 Å². The smallest absolute Gasteiger partial charge is 0.276 e. The van der Waals surface area contributed by atoms with E-state index in [0.29, 0.717) is 37.6 Å². The van der Waals surface area contributed by atoms with Crippen molar-refractivity contribution in [2.24, 2.45) is 0 Å². The van der Waals surface area contributed by atoms with Gasteiger partial charge in [-0.2, -0.15) is 0 Å². The highest BCUT2D eigenvalue weighted by atomic mass is 16.5. The molecular formula is C18H21N5O3. The van der Waals surface area contributed by atoms with Crippen LogP contribution < -0.4 is 5.32 Å². The molecule has 4 rings (SSSR count). The van der Waals surface area contributed by atoms with Gasteiger partial charge in [-0.3, -0.25) is 14.6 Å². The van der Waals surface area contributed by atoms with E-state index in [1.165, 1.54) is 0 Å². The summed E-state index contributed by atoms with van der Waals surface area (Å²) in [5.41, 5.74) is 1.12. The summed E-state index contributed by atoms with van der Waals surface area (Å²) in [4.78, 5) is 32.6. The van der Waals surface area contributed by atoms with Crippen LogP contribution in [0.25, 0.3) is 11.3 Å². The van der Waals surface area contributed by atoms with Gasteiger partial charge in [0.25, 0.3) is 5.91 Å². The molecule has 2 amide bonds. The molecule has 0 aromatic carbocycles. The molecule has 4 heterocycles. The summed E-state index contributed by atoms with van der Waals surface area (Å²) < 4.78 is 5.32. The molecule has 2 aromatic rings. The lowest BCUT2D eigenvalue weighted by Crippen LogP contribution is -2.57. The third-order valence-electron chi connectivity index (χ3n) is 4.94. The van der Waals surface area contributed by atoms with E-state index in [4.69, 9.17) is 4.52 Å². The third-order valence-corrected chi connectivity index (χ3v) is 4.94. The van der Waals surface area contributed by atoms with Crippen molar-refractivity contribution in [1.82, 2.24) is 25.3 Å². The fourth-order valence-corrected chi connectivity index (χ4v) is 3.59.